The number of carbonyl (C=O) groups excluding carboxylic acids is 2. The number of hydrogen-bond acceptors (Lipinski definition) is 14. The predicted octanol–water partition coefficient (Wildman–Crippen LogP) is 4.73. The summed E-state index contributed by atoms with van der Waals surface area (Å²) in [5.41, 5.74) is -3.85. The molecule has 7 aromatic rings. The smallest absolute Gasteiger partial charge is 0.301 e. The number of rotatable bonds is 14. The topological polar surface area (TPSA) is 292 Å². The molecule has 0 aliphatic carbocycles. The fraction of sp³-hybridized carbons (Fsp3) is 0.111. The molecule has 0 radical (unpaired) electrons. The maximum atomic E-state index is 13.8. The van der Waals surface area contributed by atoms with Crippen LogP contribution in [0.2, 0.25) is 0 Å². The van der Waals surface area contributed by atoms with Crippen molar-refractivity contribution in [3.63, 3.8) is 0 Å². The highest BCUT2D eigenvalue weighted by Crippen LogP contribution is 2.34. The SMILES string of the molecule is O=C(NCCc1ccccc1)c1nn(-c2ccc([N+](=O)[O-])cc2[N+](=O)[O-])c2nc3c(nc12)c(C(=O)NCCc1ccccc1)nn3-c1ccc([N+](=O)[O-])cc1[N+](=O)[O-]. The normalized spacial score (nSPS) is 11.0. The van der Waals surface area contributed by atoms with Gasteiger partial charge < -0.3 is 10.6 Å². The van der Waals surface area contributed by atoms with Gasteiger partial charge in [0.15, 0.2) is 22.7 Å². The molecule has 0 saturated heterocycles. The van der Waals surface area contributed by atoms with E-state index in [9.17, 15) is 50.0 Å². The highest BCUT2D eigenvalue weighted by molar-refractivity contribution is 6.08. The largest absolute Gasteiger partial charge is 0.350 e. The van der Waals surface area contributed by atoms with Crippen molar-refractivity contribution in [3.05, 3.63) is 160 Å². The van der Waals surface area contributed by atoms with Crippen LogP contribution in [0.5, 0.6) is 0 Å². The predicted molar refractivity (Wildman–Crippen MR) is 203 cm³/mol. The lowest BCUT2D eigenvalue weighted by Gasteiger charge is -2.06. The third-order valence-electron chi connectivity index (χ3n) is 8.81. The third-order valence-corrected chi connectivity index (χ3v) is 8.81. The molecule has 0 bridgehead atoms. The molecule has 0 fully saturated rings. The van der Waals surface area contributed by atoms with E-state index in [4.69, 9.17) is 0 Å². The number of benzene rings is 4. The summed E-state index contributed by atoms with van der Waals surface area (Å²) >= 11 is 0. The van der Waals surface area contributed by atoms with Crippen LogP contribution in [0.3, 0.4) is 0 Å². The van der Waals surface area contributed by atoms with Crippen LogP contribution < -0.4 is 10.6 Å². The summed E-state index contributed by atoms with van der Waals surface area (Å²) in [6, 6.07) is 23.8. The molecule has 0 spiro atoms. The summed E-state index contributed by atoms with van der Waals surface area (Å²) < 4.78 is 1.72. The number of aromatic nitrogens is 6. The molecule has 22 heteroatoms. The van der Waals surface area contributed by atoms with Crippen molar-refractivity contribution in [1.29, 1.82) is 0 Å². The van der Waals surface area contributed by atoms with Crippen LogP contribution in [0.1, 0.15) is 32.1 Å². The number of hydrogen-bond donors (Lipinski definition) is 2. The Kier molecular flexibility index (Phi) is 10.2. The molecule has 0 unspecified atom stereocenters. The Morgan fingerprint density at radius 2 is 0.931 bits per heavy atom. The Morgan fingerprint density at radius 1 is 0.534 bits per heavy atom. The van der Waals surface area contributed by atoms with Crippen LogP contribution in [-0.4, -0.2) is 74.1 Å². The number of nitro benzene ring substituents is 4. The minimum atomic E-state index is -0.899. The number of nitro groups is 4. The monoisotopic (exact) mass is 786 g/mol. The molecular formula is C36H26N12O10. The standard InChI is InChI=1S/C36H26N12O10/c49-35(37-17-15-21-7-3-1-4-8-21)31-29-33(43(41-31)25-13-11-23(45(51)52)19-27(25)47(55)56)40-34-30(39-29)32(36(50)38-18-16-22-9-5-2-6-10-22)42-44(34)26-14-12-24(46(53)54)20-28(26)48(57)58/h1-14,19-20H,15-18H2,(H,37,49)(H,38,50). The van der Waals surface area contributed by atoms with Gasteiger partial charge >= 0.3 is 11.4 Å². The summed E-state index contributed by atoms with van der Waals surface area (Å²) in [6.45, 7) is 0.225. The van der Waals surface area contributed by atoms with E-state index in [1.807, 2.05) is 60.7 Å². The number of amides is 2. The fourth-order valence-electron chi connectivity index (χ4n) is 6.06. The molecule has 7 rings (SSSR count). The molecule has 3 aromatic heterocycles. The minimum absolute atomic E-state index is 0.112. The lowest BCUT2D eigenvalue weighted by atomic mass is 10.1. The third kappa shape index (κ3) is 7.42. The number of nitrogens with zero attached hydrogens (tertiary/aromatic N) is 10. The molecule has 22 nitrogen and oxygen atoms in total. The summed E-state index contributed by atoms with van der Waals surface area (Å²) in [7, 11) is 0. The van der Waals surface area contributed by atoms with Gasteiger partial charge in [-0.15, -0.1) is 0 Å². The molecule has 4 aromatic carbocycles. The first-order chi connectivity index (χ1) is 27.9. The Balaban J connectivity index is 1.44. The van der Waals surface area contributed by atoms with Gasteiger partial charge in [0.2, 0.25) is 0 Å². The van der Waals surface area contributed by atoms with Gasteiger partial charge in [-0.2, -0.15) is 10.2 Å². The van der Waals surface area contributed by atoms with E-state index in [1.54, 1.807) is 0 Å². The van der Waals surface area contributed by atoms with Gasteiger partial charge in [-0.3, -0.25) is 50.0 Å². The number of carbonyl (C=O) groups is 2. The summed E-state index contributed by atoms with van der Waals surface area (Å²) in [5, 5.41) is 61.7. The van der Waals surface area contributed by atoms with Crippen LogP contribution in [0, 0.1) is 40.5 Å². The first-order valence-corrected chi connectivity index (χ1v) is 17.1. The second-order valence-electron chi connectivity index (χ2n) is 12.4. The maximum absolute atomic E-state index is 13.8. The molecule has 2 amide bonds. The van der Waals surface area contributed by atoms with E-state index in [2.05, 4.69) is 30.8 Å². The highest BCUT2D eigenvalue weighted by Gasteiger charge is 2.32. The molecule has 58 heavy (non-hydrogen) atoms. The van der Waals surface area contributed by atoms with E-state index in [0.717, 1.165) is 44.8 Å². The highest BCUT2D eigenvalue weighted by atomic mass is 16.6. The van der Waals surface area contributed by atoms with E-state index in [-0.39, 0.29) is 46.8 Å². The quantitative estimate of drug-likeness (QED) is 0.111. The minimum Gasteiger partial charge on any atom is -0.350 e. The van der Waals surface area contributed by atoms with Gasteiger partial charge in [0.25, 0.3) is 23.2 Å². The Bertz CT molecular complexity index is 2620. The van der Waals surface area contributed by atoms with Gasteiger partial charge in [0.1, 0.15) is 22.4 Å². The zero-order chi connectivity index (χ0) is 41.1. The average molecular weight is 787 g/mol. The van der Waals surface area contributed by atoms with Gasteiger partial charge in [0, 0.05) is 25.2 Å². The zero-order valence-corrected chi connectivity index (χ0v) is 29.6. The first-order valence-electron chi connectivity index (χ1n) is 17.1. The Hall–Kier alpha value is -8.56. The van der Waals surface area contributed by atoms with Crippen molar-refractivity contribution < 1.29 is 29.3 Å². The van der Waals surface area contributed by atoms with Crippen molar-refractivity contribution in [2.24, 2.45) is 0 Å². The molecule has 3 heterocycles. The Morgan fingerprint density at radius 3 is 1.29 bits per heavy atom. The van der Waals surface area contributed by atoms with E-state index in [0.29, 0.717) is 25.0 Å². The molecule has 0 aliphatic rings. The van der Waals surface area contributed by atoms with Crippen LogP contribution >= 0.6 is 0 Å². The molecule has 0 saturated carbocycles. The summed E-state index contributed by atoms with van der Waals surface area (Å²) in [4.78, 5) is 80.9. The summed E-state index contributed by atoms with van der Waals surface area (Å²) in [5.74, 6) is -1.60. The molecule has 2 N–H and O–H groups in total. The molecule has 0 atom stereocenters. The van der Waals surface area contributed by atoms with E-state index >= 15 is 0 Å². The van der Waals surface area contributed by atoms with Crippen LogP contribution in [0.4, 0.5) is 22.7 Å². The van der Waals surface area contributed by atoms with Gasteiger partial charge in [0.05, 0.1) is 31.8 Å². The lowest BCUT2D eigenvalue weighted by Crippen LogP contribution is -2.27. The first kappa shape index (κ1) is 37.7. The van der Waals surface area contributed by atoms with E-state index < -0.39 is 65.6 Å². The van der Waals surface area contributed by atoms with Crippen molar-refractivity contribution in [2.75, 3.05) is 13.1 Å². The average Bonchev–Trinajstić information content (AvgIpc) is 3.78. The van der Waals surface area contributed by atoms with Crippen molar-refractivity contribution >= 4 is 56.9 Å². The second kappa shape index (κ2) is 15.7. The second-order valence-corrected chi connectivity index (χ2v) is 12.4. The lowest BCUT2D eigenvalue weighted by molar-refractivity contribution is -0.394. The molecular weight excluding hydrogens is 760 g/mol. The van der Waals surface area contributed by atoms with Crippen LogP contribution in [-0.2, 0) is 12.8 Å². The van der Waals surface area contributed by atoms with Crippen LogP contribution in [0.25, 0.3) is 33.7 Å². The Labute approximate surface area is 323 Å². The van der Waals surface area contributed by atoms with Gasteiger partial charge in [-0.25, -0.2) is 19.3 Å². The van der Waals surface area contributed by atoms with Crippen molar-refractivity contribution in [2.45, 2.75) is 12.8 Å². The van der Waals surface area contributed by atoms with Crippen molar-refractivity contribution in [3.8, 4) is 11.4 Å². The maximum Gasteiger partial charge on any atom is 0.301 e. The molecule has 290 valence electrons. The summed E-state index contributed by atoms with van der Waals surface area (Å²) in [6.07, 6.45) is 0.812. The van der Waals surface area contributed by atoms with Crippen molar-refractivity contribution in [1.82, 2.24) is 40.2 Å². The zero-order valence-electron chi connectivity index (χ0n) is 29.6. The fourth-order valence-corrected chi connectivity index (χ4v) is 6.06. The van der Waals surface area contributed by atoms with Gasteiger partial charge in [-0.1, -0.05) is 60.7 Å². The van der Waals surface area contributed by atoms with Crippen LogP contribution in [0.15, 0.2) is 97.1 Å². The number of nitrogens with one attached hydrogen (secondary N) is 2. The van der Waals surface area contributed by atoms with E-state index in [1.165, 1.54) is 0 Å². The van der Waals surface area contributed by atoms with Gasteiger partial charge in [-0.05, 0) is 36.1 Å². The molecule has 0 aliphatic heterocycles. The number of non-ortho nitro benzene ring substituents is 2. The number of fused-ring (bicyclic) bond motifs is 2.